The number of rotatable bonds is 0. The molecule has 7 heteroatoms. The van der Waals surface area contributed by atoms with Gasteiger partial charge in [0.2, 0.25) is 0 Å². The van der Waals surface area contributed by atoms with Crippen molar-refractivity contribution in [2.75, 3.05) is 0 Å². The molecule has 0 unspecified atom stereocenters. The zero-order valence-corrected chi connectivity index (χ0v) is 3.09. The van der Waals surface area contributed by atoms with Crippen LogP contribution < -0.4 is 0 Å². The van der Waals surface area contributed by atoms with E-state index < -0.39 is 7.82 Å². The molecule has 0 heterocycles. The van der Waals surface area contributed by atoms with Gasteiger partial charge in [-0.2, -0.15) is 0 Å². The Kier molecular flexibility index (Phi) is 16.8. The third kappa shape index (κ3) is 48.9. The summed E-state index contributed by atoms with van der Waals surface area (Å²) in [5.74, 6) is 0. The molecular weight excluding hydrogens is 174 g/mol. The van der Waals surface area contributed by atoms with Crippen molar-refractivity contribution >= 4 is 96.9 Å². The van der Waals surface area contributed by atoms with Crippen molar-refractivity contribution in [2.24, 2.45) is 0 Å². The molecule has 0 atom stereocenters. The van der Waals surface area contributed by atoms with Gasteiger partial charge in [0.05, 0.1) is 0 Å². The summed E-state index contributed by atoms with van der Waals surface area (Å²) >= 11 is 0. The minimum absolute atomic E-state index is 0. The zero-order chi connectivity index (χ0) is 4.50. The quantitative estimate of drug-likeness (QED) is 0.284. The molecule has 7 heavy (non-hydrogen) atoms. The first-order valence-corrected chi connectivity index (χ1v) is 2.35. The fourth-order valence-electron chi connectivity index (χ4n) is 0. The van der Waals surface area contributed by atoms with Crippen molar-refractivity contribution < 1.29 is 19.2 Å². The van der Waals surface area contributed by atoms with E-state index in [0.29, 0.717) is 0 Å². The second kappa shape index (κ2) is 7.12. The van der Waals surface area contributed by atoms with Crippen LogP contribution in [0.3, 0.4) is 0 Å². The van der Waals surface area contributed by atoms with E-state index in [9.17, 15) is 0 Å². The summed E-state index contributed by atoms with van der Waals surface area (Å²) in [6, 6.07) is 0. The van der Waals surface area contributed by atoms with E-state index >= 15 is 0 Å². The molecular formula is H6CaKO4P. The molecule has 0 bridgehead atoms. The van der Waals surface area contributed by atoms with Crippen molar-refractivity contribution in [3.8, 4) is 0 Å². The van der Waals surface area contributed by atoms with Crippen LogP contribution >= 0.6 is 7.82 Å². The van der Waals surface area contributed by atoms with E-state index in [0.717, 1.165) is 0 Å². The molecule has 0 aliphatic carbocycles. The average molecular weight is 180 g/mol. The van der Waals surface area contributed by atoms with Gasteiger partial charge in [-0.05, 0) is 0 Å². The SMILES string of the molecule is O=P(O)(O)O.[CaH2].[KH]. The Bertz CT molecular complexity index is 57.8. The summed E-state index contributed by atoms with van der Waals surface area (Å²) in [5.41, 5.74) is 0. The van der Waals surface area contributed by atoms with Crippen molar-refractivity contribution in [3.63, 3.8) is 0 Å². The summed E-state index contributed by atoms with van der Waals surface area (Å²) < 4.78 is 8.88. The Morgan fingerprint density at radius 2 is 1.14 bits per heavy atom. The van der Waals surface area contributed by atoms with Gasteiger partial charge in [0.1, 0.15) is 0 Å². The first kappa shape index (κ1) is 16.5. The van der Waals surface area contributed by atoms with E-state index in [2.05, 4.69) is 0 Å². The van der Waals surface area contributed by atoms with Gasteiger partial charge in [0.25, 0.3) is 0 Å². The van der Waals surface area contributed by atoms with Crippen LogP contribution in [0.1, 0.15) is 0 Å². The van der Waals surface area contributed by atoms with Crippen molar-refractivity contribution in [3.05, 3.63) is 0 Å². The Morgan fingerprint density at radius 1 is 1.14 bits per heavy atom. The van der Waals surface area contributed by atoms with Crippen LogP contribution in [0.25, 0.3) is 0 Å². The molecule has 0 saturated heterocycles. The predicted molar refractivity (Wildman–Crippen MR) is 30.0 cm³/mol. The van der Waals surface area contributed by atoms with Crippen molar-refractivity contribution in [2.45, 2.75) is 0 Å². The van der Waals surface area contributed by atoms with Crippen LogP contribution in [0.5, 0.6) is 0 Å². The Hall–Kier alpha value is 3.01. The Labute approximate surface area is 113 Å². The average Bonchev–Trinajstić information content (AvgIpc) is 0.722. The summed E-state index contributed by atoms with van der Waals surface area (Å²) in [4.78, 5) is 21.6. The monoisotopic (exact) mass is 180 g/mol. The molecule has 0 aliphatic rings. The second-order valence-electron chi connectivity index (χ2n) is 0.513. The van der Waals surface area contributed by atoms with Gasteiger partial charge < -0.3 is 14.7 Å². The molecule has 4 nitrogen and oxygen atoms in total. The van der Waals surface area contributed by atoms with Gasteiger partial charge in [-0.15, -0.1) is 0 Å². The van der Waals surface area contributed by atoms with Crippen LogP contribution in [0.2, 0.25) is 0 Å². The van der Waals surface area contributed by atoms with E-state index in [1.165, 1.54) is 0 Å². The molecule has 0 fully saturated rings. The van der Waals surface area contributed by atoms with E-state index in [1.807, 2.05) is 0 Å². The molecule has 0 aromatic rings. The van der Waals surface area contributed by atoms with Crippen LogP contribution in [0.15, 0.2) is 0 Å². The second-order valence-corrected chi connectivity index (χ2v) is 1.54. The summed E-state index contributed by atoms with van der Waals surface area (Å²) in [6.07, 6.45) is 0. The molecule has 0 radical (unpaired) electrons. The maximum absolute atomic E-state index is 8.88. The standard InChI is InChI=1S/Ca.K.H3O4P.3H/c;;1-5(2,3)4;;;/h;;(H3,1,2,3,4);;;. The molecule has 0 spiro atoms. The molecule has 3 N–H and O–H groups in total. The third-order valence-electron chi connectivity index (χ3n) is 0. The predicted octanol–water partition coefficient (Wildman–Crippen LogP) is -2.49. The Morgan fingerprint density at radius 3 is 1.14 bits per heavy atom. The van der Waals surface area contributed by atoms with Gasteiger partial charge in [-0.1, -0.05) is 0 Å². The first-order chi connectivity index (χ1) is 2.00. The molecule has 0 amide bonds. The van der Waals surface area contributed by atoms with E-state index in [4.69, 9.17) is 19.2 Å². The Balaban J connectivity index is -0.0000000800. The topological polar surface area (TPSA) is 77.8 Å². The van der Waals surface area contributed by atoms with E-state index in [1.54, 1.807) is 0 Å². The molecule has 38 valence electrons. The van der Waals surface area contributed by atoms with Crippen LogP contribution in [-0.2, 0) is 4.57 Å². The molecule has 0 aromatic carbocycles. The first-order valence-electron chi connectivity index (χ1n) is 0.783. The van der Waals surface area contributed by atoms with Crippen LogP contribution in [0.4, 0.5) is 0 Å². The molecule has 0 rings (SSSR count). The van der Waals surface area contributed by atoms with Crippen LogP contribution in [0, 0.1) is 0 Å². The fraction of sp³-hybridized carbons (Fsp3) is 0. The number of phosphoric acid groups is 1. The zero-order valence-electron chi connectivity index (χ0n) is 2.20. The van der Waals surface area contributed by atoms with Gasteiger partial charge in [-0.25, -0.2) is 4.57 Å². The summed E-state index contributed by atoms with van der Waals surface area (Å²) in [6.45, 7) is 0. The maximum atomic E-state index is 8.88. The summed E-state index contributed by atoms with van der Waals surface area (Å²) in [5, 5.41) is 0. The summed E-state index contributed by atoms with van der Waals surface area (Å²) in [7, 11) is -4.64. The number of hydrogen-bond acceptors (Lipinski definition) is 1. The van der Waals surface area contributed by atoms with E-state index in [-0.39, 0.29) is 89.1 Å². The van der Waals surface area contributed by atoms with Crippen molar-refractivity contribution in [1.29, 1.82) is 0 Å². The fourth-order valence-corrected chi connectivity index (χ4v) is 0. The molecule has 0 saturated carbocycles. The normalized spacial score (nSPS) is 8.43. The van der Waals surface area contributed by atoms with Gasteiger partial charge in [-0.3, -0.25) is 0 Å². The van der Waals surface area contributed by atoms with Crippen LogP contribution in [-0.4, -0.2) is 104 Å². The minimum atomic E-state index is -4.64. The number of hydrogen-bond donors (Lipinski definition) is 3. The van der Waals surface area contributed by atoms with Crippen molar-refractivity contribution in [1.82, 2.24) is 0 Å². The molecule has 0 aromatic heterocycles. The van der Waals surface area contributed by atoms with Gasteiger partial charge in [0.15, 0.2) is 0 Å². The molecule has 0 aliphatic heterocycles. The van der Waals surface area contributed by atoms with Gasteiger partial charge >= 0.3 is 96.9 Å². The third-order valence-corrected chi connectivity index (χ3v) is 0. The van der Waals surface area contributed by atoms with Gasteiger partial charge in [0, 0.05) is 0 Å².